The zero-order valence-electron chi connectivity index (χ0n) is 13.9. The van der Waals surface area contributed by atoms with E-state index in [4.69, 9.17) is 14.9 Å². The molecule has 0 spiro atoms. The summed E-state index contributed by atoms with van der Waals surface area (Å²) in [6, 6.07) is 7.69. The zero-order valence-corrected chi connectivity index (χ0v) is 13.9. The van der Waals surface area contributed by atoms with Crippen molar-refractivity contribution in [3.05, 3.63) is 42.9 Å². The van der Waals surface area contributed by atoms with Crippen molar-refractivity contribution in [1.82, 2.24) is 19.6 Å². The van der Waals surface area contributed by atoms with Gasteiger partial charge in [0.05, 0.1) is 19.0 Å². The van der Waals surface area contributed by atoms with Gasteiger partial charge in [0.15, 0.2) is 17.0 Å². The van der Waals surface area contributed by atoms with E-state index in [1.165, 1.54) is 0 Å². The van der Waals surface area contributed by atoms with E-state index in [0.717, 1.165) is 35.2 Å². The van der Waals surface area contributed by atoms with Gasteiger partial charge in [-0.15, -0.1) is 5.10 Å². The summed E-state index contributed by atoms with van der Waals surface area (Å²) in [5, 5.41) is 5.51. The number of aromatic nitrogens is 4. The van der Waals surface area contributed by atoms with Crippen molar-refractivity contribution in [3.8, 4) is 17.3 Å². The lowest BCUT2D eigenvalue weighted by atomic mass is 10.2. The van der Waals surface area contributed by atoms with Gasteiger partial charge in [-0.25, -0.2) is 9.50 Å². The molecule has 128 valence electrons. The Labute approximate surface area is 144 Å². The molecule has 7 nitrogen and oxygen atoms in total. The van der Waals surface area contributed by atoms with Crippen LogP contribution in [0, 0.1) is 0 Å². The molecule has 7 heteroatoms. The molecule has 2 N–H and O–H groups in total. The SMILES string of the molecule is CC[C@H](N)CCOc1ccc2ncc(-c3cc4ccncc4o3)n2n1. The minimum atomic E-state index is 0.150. The van der Waals surface area contributed by atoms with E-state index < -0.39 is 0 Å². The van der Waals surface area contributed by atoms with Gasteiger partial charge in [0.2, 0.25) is 5.88 Å². The molecule has 0 aliphatic heterocycles. The number of fused-ring (bicyclic) bond motifs is 2. The molecule has 4 heterocycles. The fraction of sp³-hybridized carbons (Fsp3) is 0.278. The molecule has 4 rings (SSSR count). The van der Waals surface area contributed by atoms with Gasteiger partial charge in [-0.05, 0) is 31.0 Å². The van der Waals surface area contributed by atoms with Crippen LogP contribution in [-0.2, 0) is 0 Å². The Hall–Kier alpha value is -2.93. The molecule has 0 radical (unpaired) electrons. The van der Waals surface area contributed by atoms with Crippen molar-refractivity contribution < 1.29 is 9.15 Å². The maximum absolute atomic E-state index is 5.92. The molecule has 4 aromatic heterocycles. The third-order valence-electron chi connectivity index (χ3n) is 4.18. The topological polar surface area (TPSA) is 91.5 Å². The molecule has 0 bridgehead atoms. The van der Waals surface area contributed by atoms with E-state index in [-0.39, 0.29) is 6.04 Å². The maximum Gasteiger partial charge on any atom is 0.231 e. The van der Waals surface area contributed by atoms with E-state index in [1.54, 1.807) is 23.1 Å². The van der Waals surface area contributed by atoms with Crippen LogP contribution < -0.4 is 10.5 Å². The van der Waals surface area contributed by atoms with Gasteiger partial charge >= 0.3 is 0 Å². The number of nitrogens with zero attached hydrogens (tertiary/aromatic N) is 4. The van der Waals surface area contributed by atoms with Gasteiger partial charge < -0.3 is 14.9 Å². The Morgan fingerprint density at radius 2 is 2.20 bits per heavy atom. The number of hydrogen-bond acceptors (Lipinski definition) is 6. The molecule has 0 saturated carbocycles. The minimum absolute atomic E-state index is 0.150. The second-order valence-corrected chi connectivity index (χ2v) is 5.91. The predicted octanol–water partition coefficient (Wildman–Crippen LogP) is 3.04. The standard InChI is InChI=1S/C18H19N5O2/c1-2-13(19)6-8-24-18-4-3-17-21-10-14(23(17)22-18)15-9-12-5-7-20-11-16(12)25-15/h3-5,7,9-11,13H,2,6,8,19H2,1H3/t13-/m0/s1. The second-order valence-electron chi connectivity index (χ2n) is 5.91. The monoisotopic (exact) mass is 337 g/mol. The Morgan fingerprint density at radius 3 is 3.04 bits per heavy atom. The summed E-state index contributed by atoms with van der Waals surface area (Å²) >= 11 is 0. The van der Waals surface area contributed by atoms with Crippen molar-refractivity contribution in [2.75, 3.05) is 6.61 Å². The van der Waals surface area contributed by atoms with Crippen LogP contribution in [0.4, 0.5) is 0 Å². The van der Waals surface area contributed by atoms with Crippen molar-refractivity contribution >= 4 is 16.6 Å². The molecule has 0 aliphatic carbocycles. The number of rotatable bonds is 6. The molecule has 0 saturated heterocycles. The first-order valence-electron chi connectivity index (χ1n) is 8.31. The Bertz CT molecular complexity index is 974. The lowest BCUT2D eigenvalue weighted by Crippen LogP contribution is -2.21. The van der Waals surface area contributed by atoms with E-state index in [0.29, 0.717) is 18.2 Å². The largest absolute Gasteiger partial charge is 0.477 e. The number of ether oxygens (including phenoxy) is 1. The minimum Gasteiger partial charge on any atom is -0.477 e. The molecule has 4 aromatic rings. The number of pyridine rings is 1. The molecule has 1 atom stereocenters. The summed E-state index contributed by atoms with van der Waals surface area (Å²) in [6.45, 7) is 2.60. The van der Waals surface area contributed by atoms with Gasteiger partial charge in [-0.2, -0.15) is 0 Å². The highest BCUT2D eigenvalue weighted by atomic mass is 16.5. The van der Waals surface area contributed by atoms with E-state index in [1.807, 2.05) is 24.3 Å². The highest BCUT2D eigenvalue weighted by Crippen LogP contribution is 2.27. The molecule has 0 aliphatic rings. The zero-order chi connectivity index (χ0) is 17.2. The van der Waals surface area contributed by atoms with Crippen LogP contribution in [0.3, 0.4) is 0 Å². The number of nitrogens with two attached hydrogens (primary N) is 1. The van der Waals surface area contributed by atoms with Gasteiger partial charge in [0.1, 0.15) is 5.69 Å². The van der Waals surface area contributed by atoms with Gasteiger partial charge in [-0.3, -0.25) is 4.98 Å². The average Bonchev–Trinajstić information content (AvgIpc) is 3.24. The van der Waals surface area contributed by atoms with Crippen LogP contribution in [0.15, 0.2) is 47.3 Å². The van der Waals surface area contributed by atoms with Crippen molar-refractivity contribution in [1.29, 1.82) is 0 Å². The Morgan fingerprint density at radius 1 is 1.28 bits per heavy atom. The number of imidazole rings is 1. The van der Waals surface area contributed by atoms with Crippen LogP contribution in [0.2, 0.25) is 0 Å². The summed E-state index contributed by atoms with van der Waals surface area (Å²) in [4.78, 5) is 8.45. The fourth-order valence-corrected chi connectivity index (χ4v) is 2.63. The van der Waals surface area contributed by atoms with E-state index >= 15 is 0 Å². The lowest BCUT2D eigenvalue weighted by molar-refractivity contribution is 0.281. The van der Waals surface area contributed by atoms with Crippen molar-refractivity contribution in [2.45, 2.75) is 25.8 Å². The predicted molar refractivity (Wildman–Crippen MR) is 94.4 cm³/mol. The van der Waals surface area contributed by atoms with Gasteiger partial charge in [0, 0.05) is 23.7 Å². The van der Waals surface area contributed by atoms with Crippen LogP contribution in [-0.4, -0.2) is 32.2 Å². The molecule has 0 fully saturated rings. The van der Waals surface area contributed by atoms with Crippen molar-refractivity contribution in [2.24, 2.45) is 5.73 Å². The lowest BCUT2D eigenvalue weighted by Gasteiger charge is -2.09. The van der Waals surface area contributed by atoms with Crippen LogP contribution in [0.5, 0.6) is 5.88 Å². The first-order chi connectivity index (χ1) is 12.2. The van der Waals surface area contributed by atoms with Crippen LogP contribution in [0.1, 0.15) is 19.8 Å². The highest BCUT2D eigenvalue weighted by molar-refractivity contribution is 5.81. The van der Waals surface area contributed by atoms with Gasteiger partial charge in [-0.1, -0.05) is 6.92 Å². The van der Waals surface area contributed by atoms with Crippen LogP contribution >= 0.6 is 0 Å². The van der Waals surface area contributed by atoms with E-state index in [2.05, 4.69) is 22.0 Å². The fourth-order valence-electron chi connectivity index (χ4n) is 2.63. The summed E-state index contributed by atoms with van der Waals surface area (Å²) in [7, 11) is 0. The average molecular weight is 337 g/mol. The number of hydrogen-bond donors (Lipinski definition) is 1. The quantitative estimate of drug-likeness (QED) is 0.581. The van der Waals surface area contributed by atoms with Crippen LogP contribution in [0.25, 0.3) is 28.1 Å². The molecule has 0 amide bonds. The van der Waals surface area contributed by atoms with Gasteiger partial charge in [0.25, 0.3) is 0 Å². The molecule has 25 heavy (non-hydrogen) atoms. The van der Waals surface area contributed by atoms with Crippen molar-refractivity contribution in [3.63, 3.8) is 0 Å². The highest BCUT2D eigenvalue weighted by Gasteiger charge is 2.13. The molecule has 0 unspecified atom stereocenters. The third-order valence-corrected chi connectivity index (χ3v) is 4.18. The normalized spacial score (nSPS) is 12.7. The summed E-state index contributed by atoms with van der Waals surface area (Å²) in [5.41, 5.74) is 8.14. The maximum atomic E-state index is 5.92. The first kappa shape index (κ1) is 15.6. The molecule has 0 aromatic carbocycles. The van der Waals surface area contributed by atoms with E-state index in [9.17, 15) is 0 Å². The number of furan rings is 1. The third kappa shape index (κ3) is 3.06. The summed E-state index contributed by atoms with van der Waals surface area (Å²) in [5.74, 6) is 1.22. The summed E-state index contributed by atoms with van der Waals surface area (Å²) in [6.07, 6.45) is 6.90. The molecular weight excluding hydrogens is 318 g/mol. The Balaban J connectivity index is 1.64. The first-order valence-corrected chi connectivity index (χ1v) is 8.31. The second kappa shape index (κ2) is 6.52. The molecular formula is C18H19N5O2. The Kier molecular flexibility index (Phi) is 4.07. The summed E-state index contributed by atoms with van der Waals surface area (Å²) < 4.78 is 13.3. The smallest absolute Gasteiger partial charge is 0.231 e.